The van der Waals surface area contributed by atoms with Crippen LogP contribution >= 0.6 is 0 Å². The van der Waals surface area contributed by atoms with Crippen LogP contribution in [0.15, 0.2) is 41.0 Å². The van der Waals surface area contributed by atoms with Crippen LogP contribution in [-0.2, 0) is 22.7 Å². The number of nitrogens with one attached hydrogen (secondary N) is 2. The van der Waals surface area contributed by atoms with Gasteiger partial charge < -0.3 is 29.3 Å². The Bertz CT molecular complexity index is 1290. The third-order valence-electron chi connectivity index (χ3n) is 7.15. The van der Waals surface area contributed by atoms with Crippen LogP contribution in [-0.4, -0.2) is 45.9 Å². The van der Waals surface area contributed by atoms with Gasteiger partial charge in [-0.25, -0.2) is 0 Å². The lowest BCUT2D eigenvalue weighted by Crippen LogP contribution is -2.64. The number of carbonyl (C=O) groups is 3. The van der Waals surface area contributed by atoms with E-state index in [9.17, 15) is 14.4 Å². The highest BCUT2D eigenvalue weighted by Crippen LogP contribution is 2.40. The average molecular weight is 479 g/mol. The Hall–Kier alpha value is -3.75. The van der Waals surface area contributed by atoms with Gasteiger partial charge in [-0.2, -0.15) is 0 Å². The molecule has 2 aromatic heterocycles. The summed E-state index contributed by atoms with van der Waals surface area (Å²) >= 11 is 0. The van der Waals surface area contributed by atoms with E-state index in [-0.39, 0.29) is 36.9 Å². The van der Waals surface area contributed by atoms with Crippen molar-refractivity contribution in [1.82, 2.24) is 14.8 Å². The Morgan fingerprint density at radius 1 is 1.23 bits per heavy atom. The van der Waals surface area contributed by atoms with Crippen LogP contribution in [0.25, 0.3) is 10.9 Å². The fourth-order valence-electron chi connectivity index (χ4n) is 5.31. The first-order valence-corrected chi connectivity index (χ1v) is 11.9. The lowest BCUT2D eigenvalue weighted by Gasteiger charge is -2.44. The third-order valence-corrected chi connectivity index (χ3v) is 7.15. The molecule has 0 spiro atoms. The van der Waals surface area contributed by atoms with Crippen LogP contribution in [0.5, 0.6) is 5.75 Å². The maximum Gasteiger partial charge on any atom is 0.274 e. The highest BCUT2D eigenvalue weighted by atomic mass is 16.5. The van der Waals surface area contributed by atoms with E-state index in [0.29, 0.717) is 28.3 Å². The van der Waals surface area contributed by atoms with Crippen molar-refractivity contribution in [2.75, 3.05) is 12.4 Å². The average Bonchev–Trinajstić information content (AvgIpc) is 3.58. The van der Waals surface area contributed by atoms with Crippen LogP contribution < -0.4 is 15.4 Å². The largest absolute Gasteiger partial charge is 0.497 e. The molecule has 1 fully saturated rings. The second-order valence-electron chi connectivity index (χ2n) is 9.57. The van der Waals surface area contributed by atoms with Crippen LogP contribution in [0.4, 0.5) is 5.69 Å². The molecule has 35 heavy (non-hydrogen) atoms. The van der Waals surface area contributed by atoms with Gasteiger partial charge in [-0.1, -0.05) is 12.8 Å². The summed E-state index contributed by atoms with van der Waals surface area (Å²) in [4.78, 5) is 41.6. The number of anilines is 1. The zero-order valence-electron chi connectivity index (χ0n) is 20.2. The number of carbonyl (C=O) groups excluding carboxylic acids is 3. The fourth-order valence-corrected chi connectivity index (χ4v) is 5.31. The first-order chi connectivity index (χ1) is 16.8. The fraction of sp³-hybridized carbons (Fsp3) is 0.423. The molecule has 2 N–H and O–H groups in total. The molecule has 3 amide bonds. The number of benzene rings is 1. The van der Waals surface area contributed by atoms with E-state index < -0.39 is 5.54 Å². The Morgan fingerprint density at radius 2 is 2.00 bits per heavy atom. The highest BCUT2D eigenvalue weighted by molar-refractivity contribution is 6.14. The molecule has 9 heteroatoms. The van der Waals surface area contributed by atoms with Crippen LogP contribution in [0.3, 0.4) is 0 Å². The number of aromatic nitrogens is 1. The maximum atomic E-state index is 14.1. The predicted molar refractivity (Wildman–Crippen MR) is 130 cm³/mol. The van der Waals surface area contributed by atoms with Gasteiger partial charge in [-0.3, -0.25) is 14.4 Å². The Balaban J connectivity index is 1.66. The molecule has 1 aromatic carbocycles. The molecule has 1 aliphatic carbocycles. The minimum Gasteiger partial charge on any atom is -0.497 e. The molecule has 1 aliphatic heterocycles. The number of nitrogens with zero attached hydrogens (tertiary/aromatic N) is 2. The summed E-state index contributed by atoms with van der Waals surface area (Å²) in [6.07, 6.45) is 5.61. The van der Waals surface area contributed by atoms with Gasteiger partial charge >= 0.3 is 0 Å². The molecule has 9 nitrogen and oxygen atoms in total. The van der Waals surface area contributed by atoms with E-state index in [4.69, 9.17) is 9.15 Å². The second kappa shape index (κ2) is 8.79. The van der Waals surface area contributed by atoms with Crippen molar-refractivity contribution in [2.24, 2.45) is 0 Å². The summed E-state index contributed by atoms with van der Waals surface area (Å²) in [5, 5.41) is 6.72. The van der Waals surface area contributed by atoms with Gasteiger partial charge in [0, 0.05) is 18.4 Å². The first kappa shape index (κ1) is 23.0. The van der Waals surface area contributed by atoms with Crippen molar-refractivity contribution in [3.8, 4) is 5.75 Å². The summed E-state index contributed by atoms with van der Waals surface area (Å²) in [5.74, 6) is 0.349. The molecule has 0 saturated heterocycles. The van der Waals surface area contributed by atoms with Crippen molar-refractivity contribution < 1.29 is 23.5 Å². The summed E-state index contributed by atoms with van der Waals surface area (Å²) in [7, 11) is 1.57. The molecule has 1 saturated carbocycles. The normalized spacial score (nSPS) is 20.2. The van der Waals surface area contributed by atoms with E-state index in [1.165, 1.54) is 6.92 Å². The van der Waals surface area contributed by atoms with Gasteiger partial charge in [0.15, 0.2) is 0 Å². The summed E-state index contributed by atoms with van der Waals surface area (Å²) < 4.78 is 12.8. The molecule has 2 aliphatic rings. The quantitative estimate of drug-likeness (QED) is 0.562. The Kier molecular flexibility index (Phi) is 5.78. The summed E-state index contributed by atoms with van der Waals surface area (Å²) in [5.41, 5.74) is 0.328. The van der Waals surface area contributed by atoms with Crippen LogP contribution in [0.2, 0.25) is 0 Å². The highest BCUT2D eigenvalue weighted by Gasteiger charge is 2.49. The van der Waals surface area contributed by atoms with E-state index >= 15 is 0 Å². The van der Waals surface area contributed by atoms with Gasteiger partial charge in [0.2, 0.25) is 11.8 Å². The lowest BCUT2D eigenvalue weighted by atomic mass is 9.93. The molecule has 1 unspecified atom stereocenters. The van der Waals surface area contributed by atoms with Gasteiger partial charge in [0.05, 0.1) is 37.7 Å². The number of rotatable bonds is 6. The maximum absolute atomic E-state index is 14.1. The van der Waals surface area contributed by atoms with Crippen molar-refractivity contribution in [3.05, 3.63) is 48.0 Å². The standard InChI is InChI=1S/C26H30N4O5/c1-16(31)27-22-20-13-18(34-3)10-11-21(20)29-15-26(2,25(33)28-17-7-4-5-8-17)30(24(32)23(22)29)14-19-9-6-12-35-19/h6,9-13,17H,4-5,7-8,14-15H2,1-3H3,(H,27,31)(H,28,33). The van der Waals surface area contributed by atoms with Crippen LogP contribution in [0.1, 0.15) is 55.8 Å². The van der Waals surface area contributed by atoms with Gasteiger partial charge in [0.1, 0.15) is 22.7 Å². The molecule has 3 aromatic rings. The number of ether oxygens (including phenoxy) is 1. The van der Waals surface area contributed by atoms with Crippen molar-refractivity contribution >= 4 is 34.3 Å². The minimum absolute atomic E-state index is 0.113. The third kappa shape index (κ3) is 3.94. The topological polar surface area (TPSA) is 106 Å². The number of hydrogen-bond acceptors (Lipinski definition) is 5. The van der Waals surface area contributed by atoms with E-state index in [2.05, 4.69) is 10.6 Å². The smallest absolute Gasteiger partial charge is 0.274 e. The number of methoxy groups -OCH3 is 1. The minimum atomic E-state index is -1.17. The second-order valence-corrected chi connectivity index (χ2v) is 9.57. The first-order valence-electron chi connectivity index (χ1n) is 11.9. The van der Waals surface area contributed by atoms with E-state index in [0.717, 1.165) is 31.2 Å². The lowest BCUT2D eigenvalue weighted by molar-refractivity contribution is -0.134. The SMILES string of the molecule is COc1ccc2c(c1)c(NC(C)=O)c1n2CC(C)(C(=O)NC2CCCC2)N(Cc2ccco2)C1=O. The van der Waals surface area contributed by atoms with E-state index in [1.807, 2.05) is 16.7 Å². The monoisotopic (exact) mass is 478 g/mol. The van der Waals surface area contributed by atoms with Gasteiger partial charge in [0.25, 0.3) is 5.91 Å². The zero-order valence-corrected chi connectivity index (χ0v) is 20.2. The van der Waals surface area contributed by atoms with Crippen molar-refractivity contribution in [2.45, 2.75) is 64.2 Å². The molecule has 0 bridgehead atoms. The predicted octanol–water partition coefficient (Wildman–Crippen LogP) is 3.67. The summed E-state index contributed by atoms with van der Waals surface area (Å²) in [6.45, 7) is 3.57. The molecular formula is C26H30N4O5. The molecule has 5 rings (SSSR count). The molecular weight excluding hydrogens is 448 g/mol. The van der Waals surface area contributed by atoms with Crippen molar-refractivity contribution in [3.63, 3.8) is 0 Å². The Morgan fingerprint density at radius 3 is 2.66 bits per heavy atom. The number of furan rings is 1. The zero-order chi connectivity index (χ0) is 24.7. The number of amides is 3. The molecule has 184 valence electrons. The van der Waals surface area contributed by atoms with Gasteiger partial charge in [-0.05, 0) is 50.1 Å². The molecule has 3 heterocycles. The number of fused-ring (bicyclic) bond motifs is 3. The Labute approximate surface area is 203 Å². The number of hydrogen-bond donors (Lipinski definition) is 2. The van der Waals surface area contributed by atoms with Crippen LogP contribution in [0, 0.1) is 0 Å². The summed E-state index contributed by atoms with van der Waals surface area (Å²) in [6, 6.07) is 9.11. The van der Waals surface area contributed by atoms with Gasteiger partial charge in [-0.15, -0.1) is 0 Å². The van der Waals surface area contributed by atoms with E-state index in [1.54, 1.807) is 43.4 Å². The molecule has 1 atom stereocenters. The van der Waals surface area contributed by atoms with Crippen molar-refractivity contribution in [1.29, 1.82) is 0 Å². The molecule has 0 radical (unpaired) electrons.